The predicted molar refractivity (Wildman–Crippen MR) is 95.2 cm³/mol. The van der Waals surface area contributed by atoms with Crippen LogP contribution < -0.4 is 9.46 Å². The average molecular weight is 360 g/mol. The Morgan fingerprint density at radius 1 is 0.833 bits per heavy atom. The summed E-state index contributed by atoms with van der Waals surface area (Å²) in [5.74, 6) is 0.963. The van der Waals surface area contributed by atoms with E-state index in [1.54, 1.807) is 42.5 Å². The quantitative estimate of drug-likeness (QED) is 0.702. The van der Waals surface area contributed by atoms with Gasteiger partial charge in [0, 0.05) is 5.02 Å². The highest BCUT2D eigenvalue weighted by Gasteiger charge is 2.17. The molecule has 122 valence electrons. The Labute approximate surface area is 145 Å². The third kappa shape index (κ3) is 3.88. The SMILES string of the molecule is O=S(=O)(Nc1cc(Cl)ccc1Oc1ccccc1)c1ccccc1. The molecule has 0 fully saturated rings. The van der Waals surface area contributed by atoms with Crippen molar-refractivity contribution in [2.75, 3.05) is 4.72 Å². The smallest absolute Gasteiger partial charge is 0.262 e. The number of nitrogens with one attached hydrogen (secondary N) is 1. The van der Waals surface area contributed by atoms with Gasteiger partial charge in [-0.2, -0.15) is 0 Å². The van der Waals surface area contributed by atoms with Gasteiger partial charge in [-0.15, -0.1) is 0 Å². The van der Waals surface area contributed by atoms with Crippen LogP contribution in [0.25, 0.3) is 0 Å². The van der Waals surface area contributed by atoms with Crippen molar-refractivity contribution in [3.05, 3.63) is 83.9 Å². The van der Waals surface area contributed by atoms with Gasteiger partial charge in [0.2, 0.25) is 0 Å². The van der Waals surface area contributed by atoms with Crippen molar-refractivity contribution < 1.29 is 13.2 Å². The zero-order valence-electron chi connectivity index (χ0n) is 12.5. The molecule has 0 amide bonds. The number of hydrogen-bond acceptors (Lipinski definition) is 3. The lowest BCUT2D eigenvalue weighted by Crippen LogP contribution is -2.13. The van der Waals surface area contributed by atoms with Crippen LogP contribution in [0.3, 0.4) is 0 Å². The summed E-state index contributed by atoms with van der Waals surface area (Å²) in [6.45, 7) is 0. The van der Waals surface area contributed by atoms with Gasteiger partial charge in [0.1, 0.15) is 5.75 Å². The molecule has 0 unspecified atom stereocenters. The monoisotopic (exact) mass is 359 g/mol. The number of para-hydroxylation sites is 1. The van der Waals surface area contributed by atoms with Crippen molar-refractivity contribution in [1.29, 1.82) is 0 Å². The van der Waals surface area contributed by atoms with E-state index >= 15 is 0 Å². The number of rotatable bonds is 5. The summed E-state index contributed by atoms with van der Waals surface area (Å²) in [4.78, 5) is 0.163. The zero-order valence-corrected chi connectivity index (χ0v) is 14.1. The highest BCUT2D eigenvalue weighted by atomic mass is 35.5. The Morgan fingerprint density at radius 2 is 1.46 bits per heavy atom. The second kappa shape index (κ2) is 6.95. The highest BCUT2D eigenvalue weighted by Crippen LogP contribution is 2.33. The van der Waals surface area contributed by atoms with Crippen molar-refractivity contribution in [2.24, 2.45) is 0 Å². The molecule has 1 N–H and O–H groups in total. The second-order valence-electron chi connectivity index (χ2n) is 4.97. The molecule has 4 nitrogen and oxygen atoms in total. The Kier molecular flexibility index (Phi) is 4.74. The molecule has 3 aromatic carbocycles. The number of halogens is 1. The fourth-order valence-corrected chi connectivity index (χ4v) is 3.34. The first-order chi connectivity index (χ1) is 11.5. The van der Waals surface area contributed by atoms with Crippen molar-refractivity contribution in [3.8, 4) is 11.5 Å². The summed E-state index contributed by atoms with van der Waals surface area (Å²) in [5.41, 5.74) is 0.273. The van der Waals surface area contributed by atoms with Crippen LogP contribution in [0.2, 0.25) is 5.02 Å². The Hall–Kier alpha value is -2.50. The fourth-order valence-electron chi connectivity index (χ4n) is 2.09. The van der Waals surface area contributed by atoms with E-state index in [1.165, 1.54) is 18.2 Å². The van der Waals surface area contributed by atoms with E-state index < -0.39 is 10.0 Å². The van der Waals surface area contributed by atoms with E-state index in [0.717, 1.165) is 0 Å². The summed E-state index contributed by atoms with van der Waals surface area (Å²) in [7, 11) is -3.73. The van der Waals surface area contributed by atoms with E-state index in [2.05, 4.69) is 4.72 Å². The molecular formula is C18H14ClNO3S. The largest absolute Gasteiger partial charge is 0.455 e. The zero-order chi connectivity index (χ0) is 17.0. The lowest BCUT2D eigenvalue weighted by atomic mass is 10.3. The van der Waals surface area contributed by atoms with Gasteiger partial charge in [0.25, 0.3) is 10.0 Å². The van der Waals surface area contributed by atoms with Gasteiger partial charge in [-0.1, -0.05) is 48.0 Å². The van der Waals surface area contributed by atoms with E-state index in [1.807, 2.05) is 18.2 Å². The molecule has 0 radical (unpaired) electrons. The molecule has 0 saturated carbocycles. The minimum atomic E-state index is -3.73. The van der Waals surface area contributed by atoms with Crippen LogP contribution >= 0.6 is 11.6 Å². The van der Waals surface area contributed by atoms with Crippen molar-refractivity contribution in [3.63, 3.8) is 0 Å². The predicted octanol–water partition coefficient (Wildman–Crippen LogP) is 4.93. The van der Waals surface area contributed by atoms with Gasteiger partial charge < -0.3 is 4.74 Å². The minimum absolute atomic E-state index is 0.163. The summed E-state index contributed by atoms with van der Waals surface area (Å²) >= 11 is 6.00. The van der Waals surface area contributed by atoms with Gasteiger partial charge >= 0.3 is 0 Å². The Balaban J connectivity index is 1.94. The standard InChI is InChI=1S/C18H14ClNO3S/c19-14-11-12-18(23-15-7-3-1-4-8-15)17(13-14)20-24(21,22)16-9-5-2-6-10-16/h1-13,20H. The Bertz CT molecular complexity index is 929. The Morgan fingerprint density at radius 3 is 2.12 bits per heavy atom. The third-order valence-electron chi connectivity index (χ3n) is 3.21. The molecule has 0 aliphatic rings. The van der Waals surface area contributed by atoms with Crippen LogP contribution in [0.5, 0.6) is 11.5 Å². The van der Waals surface area contributed by atoms with E-state index in [9.17, 15) is 8.42 Å². The van der Waals surface area contributed by atoms with Crippen LogP contribution in [-0.4, -0.2) is 8.42 Å². The van der Waals surface area contributed by atoms with Gasteiger partial charge in [-0.25, -0.2) is 8.42 Å². The van der Waals surface area contributed by atoms with Crippen LogP contribution in [-0.2, 0) is 10.0 Å². The minimum Gasteiger partial charge on any atom is -0.455 e. The maximum absolute atomic E-state index is 12.5. The maximum atomic E-state index is 12.5. The molecule has 24 heavy (non-hydrogen) atoms. The van der Waals surface area contributed by atoms with Crippen LogP contribution in [0.1, 0.15) is 0 Å². The molecule has 6 heteroatoms. The number of sulfonamides is 1. The van der Waals surface area contributed by atoms with Crippen LogP contribution in [0.4, 0.5) is 5.69 Å². The summed E-state index contributed by atoms with van der Waals surface area (Å²) in [5, 5.41) is 0.404. The molecule has 0 bridgehead atoms. The molecule has 0 aliphatic carbocycles. The molecule has 0 spiro atoms. The topological polar surface area (TPSA) is 55.4 Å². The fraction of sp³-hybridized carbons (Fsp3) is 0. The molecule has 0 aliphatic heterocycles. The van der Waals surface area contributed by atoms with Gasteiger partial charge in [-0.05, 0) is 42.5 Å². The van der Waals surface area contributed by atoms with Crippen LogP contribution in [0, 0.1) is 0 Å². The van der Waals surface area contributed by atoms with E-state index in [-0.39, 0.29) is 10.6 Å². The number of hydrogen-bond donors (Lipinski definition) is 1. The molecule has 0 atom stereocenters. The summed E-state index contributed by atoms with van der Waals surface area (Å²) in [6.07, 6.45) is 0. The van der Waals surface area contributed by atoms with Crippen molar-refractivity contribution in [2.45, 2.75) is 4.90 Å². The number of ether oxygens (including phenoxy) is 1. The first-order valence-corrected chi connectivity index (χ1v) is 9.01. The first-order valence-electron chi connectivity index (χ1n) is 7.15. The lowest BCUT2D eigenvalue weighted by molar-refractivity contribution is 0.485. The lowest BCUT2D eigenvalue weighted by Gasteiger charge is -2.14. The first kappa shape index (κ1) is 16.4. The summed E-state index contributed by atoms with van der Waals surface area (Å²) in [6, 6.07) is 22.0. The molecule has 3 aromatic rings. The molecular weight excluding hydrogens is 346 g/mol. The van der Waals surface area contributed by atoms with Crippen molar-refractivity contribution >= 4 is 27.3 Å². The number of benzene rings is 3. The normalized spacial score (nSPS) is 11.0. The van der Waals surface area contributed by atoms with E-state index in [0.29, 0.717) is 16.5 Å². The number of anilines is 1. The van der Waals surface area contributed by atoms with Gasteiger partial charge in [0.15, 0.2) is 5.75 Å². The van der Waals surface area contributed by atoms with Gasteiger partial charge in [-0.3, -0.25) is 4.72 Å². The molecule has 0 saturated heterocycles. The highest BCUT2D eigenvalue weighted by molar-refractivity contribution is 7.92. The van der Waals surface area contributed by atoms with E-state index in [4.69, 9.17) is 16.3 Å². The molecule has 3 rings (SSSR count). The second-order valence-corrected chi connectivity index (χ2v) is 7.09. The van der Waals surface area contributed by atoms with Crippen LogP contribution in [0.15, 0.2) is 83.8 Å². The van der Waals surface area contributed by atoms with Gasteiger partial charge in [0.05, 0.1) is 10.6 Å². The third-order valence-corrected chi connectivity index (χ3v) is 4.83. The maximum Gasteiger partial charge on any atom is 0.262 e. The molecule has 0 heterocycles. The summed E-state index contributed by atoms with van der Waals surface area (Å²) < 4.78 is 33.3. The average Bonchev–Trinajstić information content (AvgIpc) is 2.59. The molecule has 0 aromatic heterocycles. The van der Waals surface area contributed by atoms with Crippen molar-refractivity contribution in [1.82, 2.24) is 0 Å².